The van der Waals surface area contributed by atoms with Gasteiger partial charge in [0.1, 0.15) is 37.4 Å². The summed E-state index contributed by atoms with van der Waals surface area (Å²) in [4.78, 5) is 50.4. The van der Waals surface area contributed by atoms with Gasteiger partial charge in [0.25, 0.3) is 11.8 Å². The number of carbonyl (C=O) groups is 4. The molecule has 174 valence electrons. The Balaban J connectivity index is 1.62. The van der Waals surface area contributed by atoms with E-state index in [1.54, 1.807) is 0 Å². The van der Waals surface area contributed by atoms with Gasteiger partial charge in [-0.1, -0.05) is 40.7 Å². The number of hydrogen-bond donors (Lipinski definition) is 2. The van der Waals surface area contributed by atoms with Gasteiger partial charge < -0.3 is 10.2 Å². The molecular formula is C22H14B4ClF2N3O4. The number of halogens is 3. The lowest BCUT2D eigenvalue weighted by molar-refractivity contribution is -0.147. The van der Waals surface area contributed by atoms with Gasteiger partial charge in [-0.3, -0.25) is 24.5 Å². The monoisotopic (exact) mass is 501 g/mol. The highest BCUT2D eigenvalue weighted by Crippen LogP contribution is 2.34. The fourth-order valence-corrected chi connectivity index (χ4v) is 4.47. The molecule has 7 nitrogen and oxygen atoms in total. The lowest BCUT2D eigenvalue weighted by Gasteiger charge is -2.33. The van der Waals surface area contributed by atoms with Crippen molar-refractivity contribution in [3.63, 3.8) is 0 Å². The van der Waals surface area contributed by atoms with Gasteiger partial charge in [0, 0.05) is 34.5 Å². The van der Waals surface area contributed by atoms with Crippen LogP contribution >= 0.6 is 11.6 Å². The number of benzene rings is 2. The Hall–Kier alpha value is -3.07. The molecule has 0 bridgehead atoms. The molecule has 14 heteroatoms. The zero-order valence-electron chi connectivity index (χ0n) is 18.6. The van der Waals surface area contributed by atoms with Crippen LogP contribution in [0.15, 0.2) is 30.3 Å². The fourth-order valence-electron chi connectivity index (χ4n) is 4.34. The lowest BCUT2D eigenvalue weighted by atomic mass is 9.69. The summed E-state index contributed by atoms with van der Waals surface area (Å²) in [6, 6.07) is 4.56. The minimum atomic E-state index is -3.95. The first-order valence-electron chi connectivity index (χ1n) is 10.7. The van der Waals surface area contributed by atoms with Crippen LogP contribution in [0.3, 0.4) is 0 Å². The number of piperidine rings is 1. The summed E-state index contributed by atoms with van der Waals surface area (Å²) < 4.78 is 29.4. The second-order valence-corrected chi connectivity index (χ2v) is 8.85. The molecule has 0 aromatic heterocycles. The summed E-state index contributed by atoms with van der Waals surface area (Å²) in [6.07, 6.45) is 0.0400. The molecule has 1 saturated heterocycles. The number of hydrogen-bond acceptors (Lipinski definition) is 4. The first-order chi connectivity index (χ1) is 16.8. The number of nitrogens with zero attached hydrogens (tertiary/aromatic N) is 1. The molecule has 2 aliphatic heterocycles. The van der Waals surface area contributed by atoms with E-state index in [0.717, 1.165) is 17.0 Å². The molecule has 1 fully saturated rings. The maximum Gasteiger partial charge on any atom is 0.349 e. The van der Waals surface area contributed by atoms with Crippen LogP contribution in [0.5, 0.6) is 0 Å². The van der Waals surface area contributed by atoms with Crippen molar-refractivity contribution in [3.05, 3.63) is 57.6 Å². The average molecular weight is 501 g/mol. The smallest absolute Gasteiger partial charge is 0.349 e. The van der Waals surface area contributed by atoms with Gasteiger partial charge in [0.05, 0.1) is 0 Å². The highest BCUT2D eigenvalue weighted by atomic mass is 35.5. The summed E-state index contributed by atoms with van der Waals surface area (Å²) in [5.41, 5.74) is -0.978. The number of carbonyl (C=O) groups excluding carboxylic acids is 4. The van der Waals surface area contributed by atoms with Gasteiger partial charge in [-0.2, -0.15) is 8.78 Å². The highest BCUT2D eigenvalue weighted by molar-refractivity contribution is 6.43. The zero-order chi connectivity index (χ0) is 26.5. The number of rotatable bonds is 5. The first kappa shape index (κ1) is 26.0. The van der Waals surface area contributed by atoms with Crippen molar-refractivity contribution in [2.45, 2.75) is 36.7 Å². The van der Waals surface area contributed by atoms with E-state index in [4.69, 9.17) is 43.0 Å². The number of fused-ring (bicyclic) bond motifs is 1. The Morgan fingerprint density at radius 1 is 1.19 bits per heavy atom. The lowest BCUT2D eigenvalue weighted by Crippen LogP contribution is -2.53. The predicted molar refractivity (Wildman–Crippen MR) is 130 cm³/mol. The van der Waals surface area contributed by atoms with Crippen molar-refractivity contribution in [3.8, 4) is 0 Å². The molecule has 0 spiro atoms. The predicted octanol–water partition coefficient (Wildman–Crippen LogP) is -0.569. The van der Waals surface area contributed by atoms with E-state index in [-0.39, 0.29) is 45.5 Å². The molecule has 8 radical (unpaired) electrons. The molecule has 2 aromatic rings. The van der Waals surface area contributed by atoms with E-state index >= 15 is 0 Å². The second-order valence-electron chi connectivity index (χ2n) is 8.41. The molecule has 3 atom stereocenters. The van der Waals surface area contributed by atoms with Crippen molar-refractivity contribution in [1.82, 2.24) is 15.5 Å². The summed E-state index contributed by atoms with van der Waals surface area (Å²) in [5, 5.41) is 4.36. The van der Waals surface area contributed by atoms with E-state index in [1.165, 1.54) is 18.2 Å². The topological polar surface area (TPSA) is 95.6 Å². The maximum atomic E-state index is 14.7. The number of amides is 4. The highest BCUT2D eigenvalue weighted by Gasteiger charge is 2.45. The molecule has 3 unspecified atom stereocenters. The van der Waals surface area contributed by atoms with Crippen LogP contribution in [-0.4, -0.2) is 66.0 Å². The Bertz CT molecular complexity index is 1300. The molecule has 2 aromatic carbocycles. The largest absolute Gasteiger partial charge is 0.352 e. The van der Waals surface area contributed by atoms with Gasteiger partial charge in [-0.05, 0) is 29.7 Å². The van der Waals surface area contributed by atoms with Crippen LogP contribution in [0.25, 0.3) is 0 Å². The van der Waals surface area contributed by atoms with Gasteiger partial charge in [0.2, 0.25) is 11.8 Å². The first-order valence-corrected chi connectivity index (χ1v) is 11.1. The molecule has 2 N–H and O–H groups in total. The average Bonchev–Trinajstić information content (AvgIpc) is 3.07. The van der Waals surface area contributed by atoms with Gasteiger partial charge in [-0.25, -0.2) is 0 Å². The molecule has 36 heavy (non-hydrogen) atoms. The summed E-state index contributed by atoms with van der Waals surface area (Å²) in [7, 11) is 24.5. The Morgan fingerprint density at radius 2 is 1.83 bits per heavy atom. The van der Waals surface area contributed by atoms with Crippen LogP contribution in [0.4, 0.5) is 8.78 Å². The van der Waals surface area contributed by atoms with E-state index in [2.05, 4.69) is 5.32 Å². The standard InChI is InChI=1S/C22H14B4ClF2N3O4/c23-11-7-10(17(25)31-21(36)22(28,29)8-1-3-9(27)4-2-8)16(24)15-14(11)20(35)32(18(15)26)12-5-6-13(33)30-19(12)34/h1-4,7,12,17-18H,5-6H2,(H,31,36)(H,30,33,34). The quantitative estimate of drug-likeness (QED) is 0.424. The Morgan fingerprint density at radius 3 is 2.44 bits per heavy atom. The molecule has 4 amide bonds. The van der Waals surface area contributed by atoms with Crippen molar-refractivity contribution in [2.75, 3.05) is 0 Å². The van der Waals surface area contributed by atoms with Crippen LogP contribution in [0, 0.1) is 0 Å². The van der Waals surface area contributed by atoms with Crippen LogP contribution in [-0.2, 0) is 20.3 Å². The second kappa shape index (κ2) is 9.42. The minimum absolute atomic E-state index is 0.00178. The van der Waals surface area contributed by atoms with E-state index in [9.17, 15) is 28.0 Å². The van der Waals surface area contributed by atoms with Crippen molar-refractivity contribution in [1.29, 1.82) is 0 Å². The van der Waals surface area contributed by atoms with Gasteiger partial charge in [-0.15, -0.1) is 0 Å². The van der Waals surface area contributed by atoms with Crippen molar-refractivity contribution in [2.24, 2.45) is 0 Å². The van der Waals surface area contributed by atoms with E-state index in [0.29, 0.717) is 0 Å². The van der Waals surface area contributed by atoms with Crippen LogP contribution < -0.4 is 21.6 Å². The number of nitrogens with one attached hydrogen (secondary N) is 2. The Labute approximate surface area is 215 Å². The molecule has 2 aliphatic rings. The maximum absolute atomic E-state index is 14.7. The number of alkyl halides is 2. The van der Waals surface area contributed by atoms with Crippen LogP contribution in [0.2, 0.25) is 5.02 Å². The zero-order valence-corrected chi connectivity index (χ0v) is 19.3. The van der Waals surface area contributed by atoms with Crippen molar-refractivity contribution >= 4 is 77.5 Å². The van der Waals surface area contributed by atoms with Crippen molar-refractivity contribution < 1.29 is 28.0 Å². The van der Waals surface area contributed by atoms with Crippen LogP contribution in [0.1, 0.15) is 51.8 Å². The molecular weight excluding hydrogens is 487 g/mol. The summed E-state index contributed by atoms with van der Waals surface area (Å²) in [6.45, 7) is 0. The normalized spacial score (nSPS) is 20.6. The minimum Gasteiger partial charge on any atom is -0.352 e. The summed E-state index contributed by atoms with van der Waals surface area (Å²) >= 11 is 5.71. The van der Waals surface area contributed by atoms with E-state index < -0.39 is 53.0 Å². The molecule has 2 heterocycles. The molecule has 0 saturated carbocycles. The third kappa shape index (κ3) is 4.34. The van der Waals surface area contributed by atoms with Gasteiger partial charge in [0.15, 0.2) is 0 Å². The fraction of sp³-hybridized carbons (Fsp3) is 0.273. The van der Waals surface area contributed by atoms with Gasteiger partial charge >= 0.3 is 5.92 Å². The Kier molecular flexibility index (Phi) is 6.81. The molecule has 0 aliphatic carbocycles. The third-order valence-electron chi connectivity index (χ3n) is 6.17. The van der Waals surface area contributed by atoms with E-state index in [1.807, 2.05) is 5.32 Å². The third-order valence-corrected chi connectivity index (χ3v) is 6.43. The molecule has 4 rings (SSSR count). The number of imide groups is 1. The SMILES string of the molecule is [B]c1cc(C([B])NC(=O)C(F)(F)c2ccc(Cl)cc2)c([B])c2c1C(=O)N(C1CCC(=O)NC1=O)C2[B]. The summed E-state index contributed by atoms with van der Waals surface area (Å²) in [5.74, 6) is -10.3.